The molecule has 6 nitrogen and oxygen atoms in total. The Labute approximate surface area is 74.2 Å². The zero-order chi connectivity index (χ0) is 9.84. The van der Waals surface area contributed by atoms with E-state index in [-0.39, 0.29) is 31.1 Å². The van der Waals surface area contributed by atoms with Gasteiger partial charge in [0.25, 0.3) is 0 Å². The standard InChI is InChI=1S/C7H10N2O4/c10-2-1-4(7(12)13)5-3-6(11)9-8-5/h4,10H,1-3H2,(H,9,11)(H,12,13). The van der Waals surface area contributed by atoms with E-state index in [1.54, 1.807) is 0 Å². The summed E-state index contributed by atoms with van der Waals surface area (Å²) in [6.45, 7) is -0.232. The number of hydrogen-bond donors (Lipinski definition) is 3. The Balaban J connectivity index is 2.65. The topological polar surface area (TPSA) is 99.0 Å². The van der Waals surface area contributed by atoms with Gasteiger partial charge in [-0.25, -0.2) is 5.43 Å². The highest BCUT2D eigenvalue weighted by Crippen LogP contribution is 2.11. The predicted octanol–water partition coefficient (Wildman–Crippen LogP) is -1.05. The SMILES string of the molecule is O=C1CC(C(CCO)C(=O)O)=NN1. The van der Waals surface area contributed by atoms with E-state index in [1.807, 2.05) is 0 Å². The Hall–Kier alpha value is -1.43. The van der Waals surface area contributed by atoms with Crippen molar-refractivity contribution in [2.45, 2.75) is 12.8 Å². The smallest absolute Gasteiger partial charge is 0.312 e. The van der Waals surface area contributed by atoms with Gasteiger partial charge in [-0.1, -0.05) is 0 Å². The van der Waals surface area contributed by atoms with Gasteiger partial charge in [0.15, 0.2) is 0 Å². The first-order valence-corrected chi connectivity index (χ1v) is 3.84. The quantitative estimate of drug-likeness (QED) is 0.521. The van der Waals surface area contributed by atoms with Crippen molar-refractivity contribution in [2.24, 2.45) is 11.0 Å². The first-order valence-electron chi connectivity index (χ1n) is 3.84. The van der Waals surface area contributed by atoms with Gasteiger partial charge in [-0.3, -0.25) is 9.59 Å². The number of aliphatic hydroxyl groups is 1. The van der Waals surface area contributed by atoms with Crippen LogP contribution in [0.4, 0.5) is 0 Å². The molecule has 3 N–H and O–H groups in total. The molecule has 1 heterocycles. The molecule has 1 aliphatic heterocycles. The van der Waals surface area contributed by atoms with E-state index >= 15 is 0 Å². The summed E-state index contributed by atoms with van der Waals surface area (Å²) in [5.74, 6) is -2.23. The number of rotatable bonds is 4. The summed E-state index contributed by atoms with van der Waals surface area (Å²) in [6, 6.07) is 0. The normalized spacial score (nSPS) is 17.9. The first-order chi connectivity index (χ1) is 6.15. The number of hydrazone groups is 1. The molecule has 0 aromatic rings. The van der Waals surface area contributed by atoms with Gasteiger partial charge in [-0.2, -0.15) is 5.10 Å². The van der Waals surface area contributed by atoms with Gasteiger partial charge in [-0.15, -0.1) is 0 Å². The summed E-state index contributed by atoms with van der Waals surface area (Å²) >= 11 is 0. The van der Waals surface area contributed by atoms with Crippen molar-refractivity contribution in [3.8, 4) is 0 Å². The van der Waals surface area contributed by atoms with Crippen molar-refractivity contribution in [1.82, 2.24) is 5.43 Å². The number of amides is 1. The van der Waals surface area contributed by atoms with Crippen LogP contribution in [0.2, 0.25) is 0 Å². The summed E-state index contributed by atoms with van der Waals surface area (Å²) in [7, 11) is 0. The fourth-order valence-corrected chi connectivity index (χ4v) is 1.14. The van der Waals surface area contributed by atoms with Crippen LogP contribution in [0.15, 0.2) is 5.10 Å². The van der Waals surface area contributed by atoms with Gasteiger partial charge < -0.3 is 10.2 Å². The number of carbonyl (C=O) groups excluding carboxylic acids is 1. The predicted molar refractivity (Wildman–Crippen MR) is 43.0 cm³/mol. The molecule has 1 amide bonds. The number of carboxylic acid groups (broad SMARTS) is 1. The van der Waals surface area contributed by atoms with Gasteiger partial charge in [0.05, 0.1) is 18.1 Å². The van der Waals surface area contributed by atoms with E-state index in [2.05, 4.69) is 10.5 Å². The number of nitrogens with one attached hydrogen (secondary N) is 1. The Kier molecular flexibility index (Phi) is 2.97. The Morgan fingerprint density at radius 1 is 1.69 bits per heavy atom. The third kappa shape index (κ3) is 2.25. The second kappa shape index (κ2) is 3.99. The van der Waals surface area contributed by atoms with Crippen LogP contribution in [0.1, 0.15) is 12.8 Å². The van der Waals surface area contributed by atoms with E-state index in [1.165, 1.54) is 0 Å². The molecule has 0 saturated carbocycles. The minimum absolute atomic E-state index is 0.0109. The first kappa shape index (κ1) is 9.66. The largest absolute Gasteiger partial charge is 0.481 e. The monoisotopic (exact) mass is 186 g/mol. The lowest BCUT2D eigenvalue weighted by atomic mass is 9.98. The van der Waals surface area contributed by atoms with Crippen LogP contribution in [0.3, 0.4) is 0 Å². The molecule has 0 radical (unpaired) electrons. The molecule has 0 aromatic carbocycles. The Morgan fingerprint density at radius 3 is 2.77 bits per heavy atom. The fraction of sp³-hybridized carbons (Fsp3) is 0.571. The minimum atomic E-state index is -1.07. The van der Waals surface area contributed by atoms with E-state index in [9.17, 15) is 9.59 Å². The van der Waals surface area contributed by atoms with Gasteiger partial charge in [0.2, 0.25) is 5.91 Å². The highest BCUT2D eigenvalue weighted by atomic mass is 16.4. The molecule has 6 heteroatoms. The van der Waals surface area contributed by atoms with Crippen LogP contribution in [-0.4, -0.2) is 34.4 Å². The molecular formula is C7H10N2O4. The summed E-state index contributed by atoms with van der Waals surface area (Å²) in [5.41, 5.74) is 2.45. The van der Waals surface area contributed by atoms with Gasteiger partial charge in [0.1, 0.15) is 0 Å². The number of nitrogens with zero attached hydrogens (tertiary/aromatic N) is 1. The van der Waals surface area contributed by atoms with Crippen LogP contribution >= 0.6 is 0 Å². The molecule has 1 aliphatic rings. The maximum atomic E-state index is 10.7. The molecular weight excluding hydrogens is 176 g/mol. The second-order valence-corrected chi connectivity index (χ2v) is 2.72. The van der Waals surface area contributed by atoms with Crippen LogP contribution < -0.4 is 5.43 Å². The Bertz CT molecular complexity index is 261. The molecule has 72 valence electrons. The number of hydrogen-bond acceptors (Lipinski definition) is 4. The summed E-state index contributed by atoms with van der Waals surface area (Å²) < 4.78 is 0. The van der Waals surface area contributed by atoms with Crippen molar-refractivity contribution in [3.05, 3.63) is 0 Å². The lowest BCUT2D eigenvalue weighted by molar-refractivity contribution is -0.139. The van der Waals surface area contributed by atoms with Crippen LogP contribution in [0, 0.1) is 5.92 Å². The number of aliphatic hydroxyl groups excluding tert-OH is 1. The molecule has 0 aromatic heterocycles. The number of carbonyl (C=O) groups is 2. The van der Waals surface area contributed by atoms with Crippen molar-refractivity contribution in [3.63, 3.8) is 0 Å². The highest BCUT2D eigenvalue weighted by Gasteiger charge is 2.28. The van der Waals surface area contributed by atoms with Gasteiger partial charge in [-0.05, 0) is 6.42 Å². The zero-order valence-corrected chi connectivity index (χ0v) is 6.86. The average molecular weight is 186 g/mol. The van der Waals surface area contributed by atoms with Crippen molar-refractivity contribution in [2.75, 3.05) is 6.61 Å². The Morgan fingerprint density at radius 2 is 2.38 bits per heavy atom. The number of aliphatic carboxylic acids is 1. The molecule has 1 atom stereocenters. The molecule has 0 bridgehead atoms. The zero-order valence-electron chi connectivity index (χ0n) is 6.86. The molecule has 1 unspecified atom stereocenters. The van der Waals surface area contributed by atoms with Crippen molar-refractivity contribution < 1.29 is 19.8 Å². The van der Waals surface area contributed by atoms with E-state index in [0.717, 1.165) is 0 Å². The average Bonchev–Trinajstić information content (AvgIpc) is 2.46. The van der Waals surface area contributed by atoms with E-state index in [4.69, 9.17) is 10.2 Å². The second-order valence-electron chi connectivity index (χ2n) is 2.72. The number of carboxylic acids is 1. The fourth-order valence-electron chi connectivity index (χ4n) is 1.14. The molecule has 0 saturated heterocycles. The maximum Gasteiger partial charge on any atom is 0.312 e. The summed E-state index contributed by atoms with van der Waals surface area (Å²) in [6.07, 6.45) is 0.0973. The van der Waals surface area contributed by atoms with Crippen LogP contribution in [-0.2, 0) is 9.59 Å². The molecule has 0 aliphatic carbocycles. The van der Waals surface area contributed by atoms with E-state index < -0.39 is 11.9 Å². The maximum absolute atomic E-state index is 10.7. The van der Waals surface area contributed by atoms with Gasteiger partial charge in [0, 0.05) is 6.61 Å². The van der Waals surface area contributed by atoms with Gasteiger partial charge >= 0.3 is 5.97 Å². The lowest BCUT2D eigenvalue weighted by Crippen LogP contribution is -2.24. The molecule has 0 fully saturated rings. The molecule has 13 heavy (non-hydrogen) atoms. The molecule has 1 rings (SSSR count). The third-order valence-electron chi connectivity index (χ3n) is 1.78. The van der Waals surface area contributed by atoms with Crippen LogP contribution in [0.5, 0.6) is 0 Å². The van der Waals surface area contributed by atoms with E-state index in [0.29, 0.717) is 0 Å². The van der Waals surface area contributed by atoms with Crippen molar-refractivity contribution in [1.29, 1.82) is 0 Å². The van der Waals surface area contributed by atoms with Crippen LogP contribution in [0.25, 0.3) is 0 Å². The summed E-state index contributed by atoms with van der Waals surface area (Å²) in [4.78, 5) is 21.4. The minimum Gasteiger partial charge on any atom is -0.481 e. The highest BCUT2D eigenvalue weighted by molar-refractivity contribution is 6.12. The lowest BCUT2D eigenvalue weighted by Gasteiger charge is -2.07. The molecule has 0 spiro atoms. The third-order valence-corrected chi connectivity index (χ3v) is 1.78. The summed E-state index contributed by atoms with van der Waals surface area (Å²) in [5, 5.41) is 20.9. The van der Waals surface area contributed by atoms with Crippen molar-refractivity contribution >= 4 is 17.6 Å².